The number of halogens is 1. The van der Waals surface area contributed by atoms with Crippen LogP contribution < -0.4 is 5.73 Å². The molecule has 1 fully saturated rings. The summed E-state index contributed by atoms with van der Waals surface area (Å²) in [5, 5.41) is 0. The van der Waals surface area contributed by atoms with E-state index >= 15 is 0 Å². The van der Waals surface area contributed by atoms with E-state index in [-0.39, 0.29) is 12.4 Å². The summed E-state index contributed by atoms with van der Waals surface area (Å²) < 4.78 is 0. The third-order valence-corrected chi connectivity index (χ3v) is 3.05. The van der Waals surface area contributed by atoms with Gasteiger partial charge in [0.2, 0.25) is 0 Å². The molecule has 4 heteroatoms. The van der Waals surface area contributed by atoms with E-state index in [2.05, 4.69) is 34.2 Å². The van der Waals surface area contributed by atoms with E-state index in [4.69, 9.17) is 5.73 Å². The number of hydrogen-bond acceptors (Lipinski definition) is 1. The Morgan fingerprint density at radius 1 is 1.41 bits per heavy atom. The van der Waals surface area contributed by atoms with Crippen molar-refractivity contribution in [2.75, 3.05) is 13.1 Å². The van der Waals surface area contributed by atoms with Crippen LogP contribution in [0.2, 0.25) is 0 Å². The van der Waals surface area contributed by atoms with Crippen LogP contribution in [0.25, 0.3) is 0 Å². The third-order valence-electron chi connectivity index (χ3n) is 3.05. The fourth-order valence-corrected chi connectivity index (χ4v) is 2.32. The number of hydrogen-bond donors (Lipinski definition) is 1. The van der Waals surface area contributed by atoms with E-state index in [1.807, 2.05) is 13.0 Å². The highest BCUT2D eigenvalue weighted by atomic mass is 35.5. The first kappa shape index (κ1) is 13.8. The molecule has 1 heterocycles. The van der Waals surface area contributed by atoms with Crippen molar-refractivity contribution >= 4 is 18.4 Å². The predicted octanol–water partition coefficient (Wildman–Crippen LogP) is 2.58. The monoisotopic (exact) mass is 253 g/mol. The minimum atomic E-state index is 0. The van der Waals surface area contributed by atoms with Crippen molar-refractivity contribution in [1.29, 1.82) is 0 Å². The van der Waals surface area contributed by atoms with E-state index < -0.39 is 0 Å². The number of nitrogens with two attached hydrogens (primary N) is 1. The molecule has 1 aliphatic rings. The van der Waals surface area contributed by atoms with Crippen molar-refractivity contribution in [1.82, 2.24) is 4.90 Å². The lowest BCUT2D eigenvalue weighted by atomic mass is 10.1. The number of aliphatic imine (C=N–C) groups is 1. The number of rotatable bonds is 2. The van der Waals surface area contributed by atoms with Gasteiger partial charge in [0.25, 0.3) is 0 Å². The summed E-state index contributed by atoms with van der Waals surface area (Å²) in [5.41, 5.74) is 7.34. The Labute approximate surface area is 109 Å². The molecule has 2 rings (SSSR count). The van der Waals surface area contributed by atoms with E-state index in [0.29, 0.717) is 12.0 Å². The van der Waals surface area contributed by atoms with Gasteiger partial charge in [-0.15, -0.1) is 12.4 Å². The first-order chi connectivity index (χ1) is 7.83. The maximum Gasteiger partial charge on any atom is 0.191 e. The Hall–Kier alpha value is -1.22. The van der Waals surface area contributed by atoms with Crippen LogP contribution in [-0.2, 0) is 0 Å². The second-order valence-electron chi connectivity index (χ2n) is 4.09. The molecule has 0 bridgehead atoms. The van der Waals surface area contributed by atoms with E-state index in [0.717, 1.165) is 13.1 Å². The molecule has 1 atom stereocenters. The Bertz CT molecular complexity index is 364. The molecule has 0 aliphatic carbocycles. The maximum atomic E-state index is 5.99. The van der Waals surface area contributed by atoms with Gasteiger partial charge in [-0.25, -0.2) is 0 Å². The van der Waals surface area contributed by atoms with E-state index in [1.54, 1.807) is 0 Å². The molecule has 1 saturated heterocycles. The highest BCUT2D eigenvalue weighted by Crippen LogP contribution is 2.31. The zero-order chi connectivity index (χ0) is 11.4. The molecule has 0 aromatic heterocycles. The van der Waals surface area contributed by atoms with Gasteiger partial charge in [-0.05, 0) is 25.3 Å². The minimum Gasteiger partial charge on any atom is -0.370 e. The SMILES string of the molecule is CCN=C(N)N1CCCC1c1ccccc1.Cl. The summed E-state index contributed by atoms with van der Waals surface area (Å²) in [6.45, 7) is 3.79. The molecule has 0 spiro atoms. The van der Waals surface area contributed by atoms with E-state index in [9.17, 15) is 0 Å². The largest absolute Gasteiger partial charge is 0.370 e. The Kier molecular flexibility index (Phi) is 5.29. The van der Waals surface area contributed by atoms with Crippen molar-refractivity contribution in [3.8, 4) is 0 Å². The predicted molar refractivity (Wildman–Crippen MR) is 74.5 cm³/mol. The molecule has 1 aromatic carbocycles. The van der Waals surface area contributed by atoms with Crippen LogP contribution in [0.5, 0.6) is 0 Å². The van der Waals surface area contributed by atoms with Crippen molar-refractivity contribution in [3.05, 3.63) is 35.9 Å². The first-order valence-corrected chi connectivity index (χ1v) is 5.94. The molecule has 0 radical (unpaired) electrons. The average Bonchev–Trinajstić information content (AvgIpc) is 2.79. The average molecular weight is 254 g/mol. The van der Waals surface area contributed by atoms with Gasteiger partial charge in [0.1, 0.15) is 0 Å². The van der Waals surface area contributed by atoms with Gasteiger partial charge in [-0.1, -0.05) is 30.3 Å². The molecular weight excluding hydrogens is 234 g/mol. The molecule has 3 nitrogen and oxygen atoms in total. The van der Waals surface area contributed by atoms with Crippen LogP contribution in [-0.4, -0.2) is 23.9 Å². The zero-order valence-electron chi connectivity index (χ0n) is 10.2. The topological polar surface area (TPSA) is 41.6 Å². The lowest BCUT2D eigenvalue weighted by molar-refractivity contribution is 0.395. The summed E-state index contributed by atoms with van der Waals surface area (Å²) in [5.74, 6) is 0.689. The highest BCUT2D eigenvalue weighted by Gasteiger charge is 2.26. The Morgan fingerprint density at radius 2 is 2.12 bits per heavy atom. The molecule has 17 heavy (non-hydrogen) atoms. The smallest absolute Gasteiger partial charge is 0.191 e. The molecule has 2 N–H and O–H groups in total. The van der Waals surface area contributed by atoms with Crippen LogP contribution in [0.15, 0.2) is 35.3 Å². The molecule has 1 unspecified atom stereocenters. The second kappa shape index (κ2) is 6.50. The molecule has 1 aromatic rings. The fourth-order valence-electron chi connectivity index (χ4n) is 2.32. The molecule has 0 amide bonds. The van der Waals surface area contributed by atoms with Crippen LogP contribution in [0.4, 0.5) is 0 Å². The summed E-state index contributed by atoms with van der Waals surface area (Å²) in [4.78, 5) is 6.52. The van der Waals surface area contributed by atoms with Crippen molar-refractivity contribution in [2.24, 2.45) is 10.7 Å². The fraction of sp³-hybridized carbons (Fsp3) is 0.462. The molecular formula is C13H20ClN3. The van der Waals surface area contributed by atoms with E-state index in [1.165, 1.54) is 18.4 Å². The van der Waals surface area contributed by atoms with Crippen LogP contribution in [0.1, 0.15) is 31.4 Å². The number of guanidine groups is 1. The molecule has 94 valence electrons. The zero-order valence-corrected chi connectivity index (χ0v) is 11.0. The van der Waals surface area contributed by atoms with Crippen molar-refractivity contribution < 1.29 is 0 Å². The molecule has 1 aliphatic heterocycles. The quantitative estimate of drug-likeness (QED) is 0.650. The van der Waals surface area contributed by atoms with Gasteiger partial charge >= 0.3 is 0 Å². The van der Waals surface area contributed by atoms with Gasteiger partial charge < -0.3 is 10.6 Å². The highest BCUT2D eigenvalue weighted by molar-refractivity contribution is 5.85. The normalized spacial score (nSPS) is 20.2. The second-order valence-corrected chi connectivity index (χ2v) is 4.09. The van der Waals surface area contributed by atoms with Crippen molar-refractivity contribution in [3.63, 3.8) is 0 Å². The van der Waals surface area contributed by atoms with Crippen molar-refractivity contribution in [2.45, 2.75) is 25.8 Å². The van der Waals surface area contributed by atoms with Gasteiger partial charge in [-0.3, -0.25) is 4.99 Å². The summed E-state index contributed by atoms with van der Waals surface area (Å²) in [6.07, 6.45) is 2.36. The molecule has 0 saturated carbocycles. The standard InChI is InChI=1S/C13H19N3.ClH/c1-2-15-13(14)16-10-6-9-12(16)11-7-4-3-5-8-11;/h3-5,7-8,12H,2,6,9-10H2,1H3,(H2,14,15);1H. The van der Waals surface area contributed by atoms with Crippen LogP contribution >= 0.6 is 12.4 Å². The van der Waals surface area contributed by atoms with Gasteiger partial charge in [0.15, 0.2) is 5.96 Å². The number of nitrogens with zero attached hydrogens (tertiary/aromatic N) is 2. The maximum absolute atomic E-state index is 5.99. The lowest BCUT2D eigenvalue weighted by Crippen LogP contribution is -2.36. The number of likely N-dealkylation sites (tertiary alicyclic amines) is 1. The van der Waals surface area contributed by atoms with Crippen LogP contribution in [0.3, 0.4) is 0 Å². The minimum absolute atomic E-state index is 0. The number of benzene rings is 1. The van der Waals surface area contributed by atoms with Crippen LogP contribution in [0, 0.1) is 0 Å². The third kappa shape index (κ3) is 3.13. The Morgan fingerprint density at radius 3 is 2.76 bits per heavy atom. The Balaban J connectivity index is 0.00000144. The summed E-state index contributed by atoms with van der Waals surface area (Å²) in [6, 6.07) is 11.0. The summed E-state index contributed by atoms with van der Waals surface area (Å²) >= 11 is 0. The van der Waals surface area contributed by atoms with Gasteiger partial charge in [-0.2, -0.15) is 0 Å². The van der Waals surface area contributed by atoms with Gasteiger partial charge in [0, 0.05) is 13.1 Å². The first-order valence-electron chi connectivity index (χ1n) is 5.94. The van der Waals surface area contributed by atoms with Gasteiger partial charge in [0.05, 0.1) is 6.04 Å². The summed E-state index contributed by atoms with van der Waals surface area (Å²) in [7, 11) is 0. The lowest BCUT2D eigenvalue weighted by Gasteiger charge is -2.25.